The molecule has 0 heterocycles. The molecular formula is C12H17NO. The predicted octanol–water partition coefficient (Wildman–Crippen LogP) is 2.50. The van der Waals surface area contributed by atoms with Crippen LogP contribution in [0.3, 0.4) is 0 Å². The van der Waals surface area contributed by atoms with E-state index in [0.717, 1.165) is 22.4 Å². The van der Waals surface area contributed by atoms with Crippen LogP contribution in [-0.4, -0.2) is 7.11 Å². The van der Waals surface area contributed by atoms with E-state index in [2.05, 4.69) is 12.6 Å². The maximum Gasteiger partial charge on any atom is 0.122 e. The van der Waals surface area contributed by atoms with Crippen molar-refractivity contribution in [2.75, 3.05) is 7.11 Å². The molecule has 1 atom stereocenters. The first-order valence-electron chi connectivity index (χ1n) is 4.63. The van der Waals surface area contributed by atoms with Gasteiger partial charge in [-0.15, -0.1) is 6.58 Å². The van der Waals surface area contributed by atoms with Crippen LogP contribution in [0, 0.1) is 13.8 Å². The molecule has 0 radical (unpaired) electrons. The molecule has 0 aliphatic heterocycles. The highest BCUT2D eigenvalue weighted by atomic mass is 16.5. The molecule has 1 aromatic rings. The van der Waals surface area contributed by atoms with E-state index in [1.807, 2.05) is 19.9 Å². The van der Waals surface area contributed by atoms with E-state index in [-0.39, 0.29) is 6.04 Å². The van der Waals surface area contributed by atoms with E-state index in [9.17, 15) is 0 Å². The summed E-state index contributed by atoms with van der Waals surface area (Å²) >= 11 is 0. The molecule has 0 aliphatic rings. The summed E-state index contributed by atoms with van der Waals surface area (Å²) in [6.45, 7) is 7.73. The normalized spacial score (nSPS) is 12.3. The summed E-state index contributed by atoms with van der Waals surface area (Å²) in [5.74, 6) is 0.905. The minimum Gasteiger partial charge on any atom is -0.496 e. The zero-order chi connectivity index (χ0) is 10.7. The second kappa shape index (κ2) is 4.29. The molecule has 76 valence electrons. The second-order valence-electron chi connectivity index (χ2n) is 3.44. The van der Waals surface area contributed by atoms with Gasteiger partial charge in [-0.25, -0.2) is 0 Å². The van der Waals surface area contributed by atoms with Gasteiger partial charge >= 0.3 is 0 Å². The van der Waals surface area contributed by atoms with Gasteiger partial charge in [-0.05, 0) is 36.6 Å². The molecule has 2 nitrogen and oxygen atoms in total. The summed E-state index contributed by atoms with van der Waals surface area (Å²) in [7, 11) is 1.68. The lowest BCUT2D eigenvalue weighted by atomic mass is 9.99. The molecule has 0 fully saturated rings. The Kier molecular flexibility index (Phi) is 3.31. The zero-order valence-corrected chi connectivity index (χ0v) is 9.00. The van der Waals surface area contributed by atoms with Crippen molar-refractivity contribution in [2.45, 2.75) is 19.9 Å². The number of benzene rings is 1. The molecule has 0 spiro atoms. The van der Waals surface area contributed by atoms with Crippen LogP contribution >= 0.6 is 0 Å². The van der Waals surface area contributed by atoms with Crippen molar-refractivity contribution in [3.05, 3.63) is 41.5 Å². The van der Waals surface area contributed by atoms with Crippen LogP contribution in [0.25, 0.3) is 0 Å². The van der Waals surface area contributed by atoms with Crippen molar-refractivity contribution in [3.63, 3.8) is 0 Å². The lowest BCUT2D eigenvalue weighted by molar-refractivity contribution is 0.411. The molecule has 0 saturated carbocycles. The van der Waals surface area contributed by atoms with Gasteiger partial charge in [-0.3, -0.25) is 0 Å². The van der Waals surface area contributed by atoms with Crippen molar-refractivity contribution >= 4 is 0 Å². The fourth-order valence-electron chi connectivity index (χ4n) is 1.52. The predicted molar refractivity (Wildman–Crippen MR) is 59.6 cm³/mol. The van der Waals surface area contributed by atoms with Crippen molar-refractivity contribution < 1.29 is 4.74 Å². The third kappa shape index (κ3) is 1.96. The van der Waals surface area contributed by atoms with Gasteiger partial charge in [0.15, 0.2) is 0 Å². The third-order valence-electron chi connectivity index (χ3n) is 2.40. The topological polar surface area (TPSA) is 35.2 Å². The van der Waals surface area contributed by atoms with E-state index in [0.29, 0.717) is 0 Å². The molecule has 1 rings (SSSR count). The molecule has 0 bridgehead atoms. The number of ether oxygens (including phenoxy) is 1. The Morgan fingerprint density at radius 2 is 2.00 bits per heavy atom. The number of hydrogen-bond donors (Lipinski definition) is 1. The highest BCUT2D eigenvalue weighted by Gasteiger charge is 2.08. The minimum absolute atomic E-state index is 0.0976. The lowest BCUT2D eigenvalue weighted by Gasteiger charge is -2.14. The Morgan fingerprint density at radius 1 is 1.36 bits per heavy atom. The molecule has 14 heavy (non-hydrogen) atoms. The Bertz CT molecular complexity index is 344. The Labute approximate surface area is 85.4 Å². The molecular weight excluding hydrogens is 174 g/mol. The van der Waals surface area contributed by atoms with Crippen molar-refractivity contribution in [2.24, 2.45) is 5.73 Å². The fourth-order valence-corrected chi connectivity index (χ4v) is 1.52. The number of methoxy groups -OCH3 is 1. The number of aryl methyl sites for hydroxylation is 2. The molecule has 0 aliphatic carbocycles. The Morgan fingerprint density at radius 3 is 2.50 bits per heavy atom. The van der Waals surface area contributed by atoms with Gasteiger partial charge in [-0.1, -0.05) is 12.1 Å². The van der Waals surface area contributed by atoms with E-state index in [4.69, 9.17) is 10.5 Å². The SMILES string of the molecule is C=CC(N)c1cc(C)c(OC)cc1C. The summed E-state index contributed by atoms with van der Waals surface area (Å²) in [6.07, 6.45) is 1.74. The molecule has 1 unspecified atom stereocenters. The summed E-state index contributed by atoms with van der Waals surface area (Å²) in [6, 6.07) is 3.97. The van der Waals surface area contributed by atoms with E-state index in [1.165, 1.54) is 0 Å². The molecule has 0 amide bonds. The minimum atomic E-state index is -0.0976. The lowest BCUT2D eigenvalue weighted by Crippen LogP contribution is -2.09. The van der Waals surface area contributed by atoms with Gasteiger partial charge in [-0.2, -0.15) is 0 Å². The highest BCUT2D eigenvalue weighted by Crippen LogP contribution is 2.25. The molecule has 2 N–H and O–H groups in total. The van der Waals surface area contributed by atoms with Gasteiger partial charge in [0.2, 0.25) is 0 Å². The Hall–Kier alpha value is -1.28. The first-order valence-corrected chi connectivity index (χ1v) is 4.63. The number of nitrogens with two attached hydrogens (primary N) is 1. The van der Waals surface area contributed by atoms with E-state index < -0.39 is 0 Å². The maximum atomic E-state index is 5.90. The highest BCUT2D eigenvalue weighted by molar-refractivity contribution is 5.43. The Balaban J connectivity index is 3.21. The second-order valence-corrected chi connectivity index (χ2v) is 3.44. The average molecular weight is 191 g/mol. The fraction of sp³-hybridized carbons (Fsp3) is 0.333. The van der Waals surface area contributed by atoms with Crippen molar-refractivity contribution in [1.82, 2.24) is 0 Å². The van der Waals surface area contributed by atoms with Crippen molar-refractivity contribution in [3.8, 4) is 5.75 Å². The smallest absolute Gasteiger partial charge is 0.122 e. The van der Waals surface area contributed by atoms with Crippen LogP contribution in [0.2, 0.25) is 0 Å². The van der Waals surface area contributed by atoms with E-state index >= 15 is 0 Å². The molecule has 0 saturated heterocycles. The molecule has 1 aromatic carbocycles. The quantitative estimate of drug-likeness (QED) is 0.745. The summed E-state index contributed by atoms with van der Waals surface area (Å²) in [5, 5.41) is 0. The van der Waals surface area contributed by atoms with Crippen LogP contribution in [0.5, 0.6) is 5.75 Å². The van der Waals surface area contributed by atoms with Crippen molar-refractivity contribution in [1.29, 1.82) is 0 Å². The maximum absolute atomic E-state index is 5.90. The van der Waals surface area contributed by atoms with Crippen LogP contribution in [0.1, 0.15) is 22.7 Å². The van der Waals surface area contributed by atoms with Gasteiger partial charge < -0.3 is 10.5 Å². The first kappa shape index (κ1) is 10.8. The largest absolute Gasteiger partial charge is 0.496 e. The van der Waals surface area contributed by atoms with Gasteiger partial charge in [0, 0.05) is 6.04 Å². The van der Waals surface area contributed by atoms with Gasteiger partial charge in [0.05, 0.1) is 7.11 Å². The number of rotatable bonds is 3. The van der Waals surface area contributed by atoms with E-state index in [1.54, 1.807) is 13.2 Å². The van der Waals surface area contributed by atoms with Gasteiger partial charge in [0.1, 0.15) is 5.75 Å². The standard InChI is InChI=1S/C12H17NO/c1-5-11(13)10-6-9(3)12(14-4)7-8(10)2/h5-7,11H,1,13H2,2-4H3. The molecule has 2 heteroatoms. The summed E-state index contributed by atoms with van der Waals surface area (Å²) < 4.78 is 5.23. The van der Waals surface area contributed by atoms with Crippen LogP contribution in [0.4, 0.5) is 0 Å². The van der Waals surface area contributed by atoms with Crippen LogP contribution in [0.15, 0.2) is 24.8 Å². The average Bonchev–Trinajstić information content (AvgIpc) is 2.19. The number of hydrogen-bond acceptors (Lipinski definition) is 2. The summed E-state index contributed by atoms with van der Waals surface area (Å²) in [5.41, 5.74) is 9.25. The van der Waals surface area contributed by atoms with Crippen LogP contribution in [-0.2, 0) is 0 Å². The monoisotopic (exact) mass is 191 g/mol. The van der Waals surface area contributed by atoms with Crippen LogP contribution < -0.4 is 10.5 Å². The molecule has 0 aromatic heterocycles. The third-order valence-corrected chi connectivity index (χ3v) is 2.40. The van der Waals surface area contributed by atoms with Gasteiger partial charge in [0.25, 0.3) is 0 Å². The first-order chi connectivity index (χ1) is 6.60. The summed E-state index contributed by atoms with van der Waals surface area (Å²) in [4.78, 5) is 0. The zero-order valence-electron chi connectivity index (χ0n) is 9.00.